The van der Waals surface area contributed by atoms with Gasteiger partial charge < -0.3 is 5.32 Å². The molecule has 0 aromatic heterocycles. The van der Waals surface area contributed by atoms with E-state index in [1.165, 1.54) is 44.9 Å². The Hall–Kier alpha value is -0.860. The van der Waals surface area contributed by atoms with E-state index in [9.17, 15) is 9.59 Å². The van der Waals surface area contributed by atoms with Gasteiger partial charge in [0.2, 0.25) is 5.91 Å². The maximum Gasteiger partial charge on any atom is 0.220 e. The van der Waals surface area contributed by atoms with E-state index < -0.39 is 0 Å². The molecule has 1 rings (SSSR count). The average Bonchev–Trinajstić information content (AvgIpc) is 2.71. The van der Waals surface area contributed by atoms with Crippen LogP contribution in [0, 0.1) is 0 Å². The van der Waals surface area contributed by atoms with Gasteiger partial charge >= 0.3 is 0 Å². The largest absolute Gasteiger partial charge is 0.346 e. The summed E-state index contributed by atoms with van der Waals surface area (Å²) in [6.45, 7) is 2.24. The van der Waals surface area contributed by atoms with Crippen LogP contribution in [0.5, 0.6) is 0 Å². The molecule has 1 N–H and O–H groups in total. The van der Waals surface area contributed by atoms with Crippen molar-refractivity contribution in [3.05, 3.63) is 0 Å². The Morgan fingerprint density at radius 1 is 0.955 bits per heavy atom. The van der Waals surface area contributed by atoms with E-state index in [0.717, 1.165) is 38.5 Å². The lowest BCUT2D eigenvalue weighted by Gasteiger charge is -2.15. The quantitative estimate of drug-likeness (QED) is 0.435. The first-order valence-corrected chi connectivity index (χ1v) is 9.56. The molecule has 0 saturated heterocycles. The van der Waals surface area contributed by atoms with E-state index in [0.29, 0.717) is 12.8 Å². The summed E-state index contributed by atoms with van der Waals surface area (Å²) in [4.78, 5) is 23.8. The van der Waals surface area contributed by atoms with Crippen molar-refractivity contribution in [2.24, 2.45) is 0 Å². The van der Waals surface area contributed by atoms with Gasteiger partial charge in [-0.15, -0.1) is 0 Å². The molecule has 1 saturated carbocycles. The molecule has 1 unspecified atom stereocenters. The van der Waals surface area contributed by atoms with Gasteiger partial charge in [-0.3, -0.25) is 9.59 Å². The summed E-state index contributed by atoms with van der Waals surface area (Å²) in [5.41, 5.74) is 0. The maximum absolute atomic E-state index is 11.9. The first-order valence-electron chi connectivity index (χ1n) is 9.56. The van der Waals surface area contributed by atoms with E-state index in [4.69, 9.17) is 0 Å². The Morgan fingerprint density at radius 3 is 2.27 bits per heavy atom. The lowest BCUT2D eigenvalue weighted by atomic mass is 10.1. The van der Waals surface area contributed by atoms with Crippen LogP contribution in [-0.2, 0) is 9.59 Å². The molecule has 1 aliphatic carbocycles. The number of nitrogens with one attached hydrogen (secondary N) is 1. The normalized spacial score (nSPS) is 19.0. The summed E-state index contributed by atoms with van der Waals surface area (Å²) in [5, 5.41) is 2.95. The predicted molar refractivity (Wildman–Crippen MR) is 91.9 cm³/mol. The van der Waals surface area contributed by atoms with Crippen molar-refractivity contribution in [3.63, 3.8) is 0 Å². The average molecular weight is 309 g/mol. The number of carbonyl (C=O) groups is 2. The first kappa shape index (κ1) is 19.2. The highest BCUT2D eigenvalue weighted by atomic mass is 16.2. The van der Waals surface area contributed by atoms with Gasteiger partial charge in [-0.1, -0.05) is 71.1 Å². The molecular formula is C19H35NO2. The minimum atomic E-state index is -0.200. The van der Waals surface area contributed by atoms with Crippen LogP contribution in [0.1, 0.15) is 103 Å². The maximum atomic E-state index is 11.9. The molecule has 0 heterocycles. The summed E-state index contributed by atoms with van der Waals surface area (Å²) >= 11 is 0. The van der Waals surface area contributed by atoms with Crippen molar-refractivity contribution in [2.75, 3.05) is 0 Å². The van der Waals surface area contributed by atoms with E-state index in [1.807, 2.05) is 0 Å². The highest BCUT2D eigenvalue weighted by Crippen LogP contribution is 2.15. The highest BCUT2D eigenvalue weighted by Gasteiger charge is 2.21. The van der Waals surface area contributed by atoms with E-state index >= 15 is 0 Å². The van der Waals surface area contributed by atoms with Gasteiger partial charge in [0.25, 0.3) is 0 Å². The van der Waals surface area contributed by atoms with Gasteiger partial charge in [-0.2, -0.15) is 0 Å². The zero-order chi connectivity index (χ0) is 16.0. The second-order valence-electron chi connectivity index (χ2n) is 6.76. The van der Waals surface area contributed by atoms with Crippen molar-refractivity contribution in [1.29, 1.82) is 0 Å². The third kappa shape index (κ3) is 9.22. The number of amides is 1. The van der Waals surface area contributed by atoms with E-state index in [1.54, 1.807) is 0 Å². The summed E-state index contributed by atoms with van der Waals surface area (Å²) in [6, 6.07) is -0.200. The Kier molecular flexibility index (Phi) is 11.0. The van der Waals surface area contributed by atoms with Crippen molar-refractivity contribution < 1.29 is 9.59 Å². The highest BCUT2D eigenvalue weighted by molar-refractivity contribution is 5.89. The van der Waals surface area contributed by atoms with Crippen molar-refractivity contribution in [3.8, 4) is 0 Å². The zero-order valence-corrected chi connectivity index (χ0v) is 14.5. The summed E-state index contributed by atoms with van der Waals surface area (Å²) in [7, 11) is 0. The molecule has 0 spiro atoms. The van der Waals surface area contributed by atoms with Crippen LogP contribution in [0.25, 0.3) is 0 Å². The van der Waals surface area contributed by atoms with Gasteiger partial charge in [0.05, 0.1) is 6.04 Å². The lowest BCUT2D eigenvalue weighted by Crippen LogP contribution is -2.40. The molecule has 3 heteroatoms. The van der Waals surface area contributed by atoms with Crippen LogP contribution < -0.4 is 5.32 Å². The van der Waals surface area contributed by atoms with Crippen LogP contribution in [0.3, 0.4) is 0 Å². The topological polar surface area (TPSA) is 46.2 Å². The molecular weight excluding hydrogens is 274 g/mol. The summed E-state index contributed by atoms with van der Waals surface area (Å²) in [5.74, 6) is 0.307. The van der Waals surface area contributed by atoms with Crippen molar-refractivity contribution in [2.45, 2.75) is 109 Å². The molecule has 0 radical (unpaired) electrons. The number of hydrogen-bond donors (Lipinski definition) is 1. The second-order valence-corrected chi connectivity index (χ2v) is 6.76. The molecule has 0 aromatic carbocycles. The number of unbranched alkanes of at least 4 members (excludes halogenated alkanes) is 8. The number of Topliss-reactive ketones (excluding diaryl/α,β-unsaturated/α-hetero) is 1. The van der Waals surface area contributed by atoms with Gasteiger partial charge in [0, 0.05) is 12.8 Å². The Labute approximate surface area is 136 Å². The van der Waals surface area contributed by atoms with Crippen molar-refractivity contribution >= 4 is 11.7 Å². The smallest absolute Gasteiger partial charge is 0.220 e. The molecule has 128 valence electrons. The molecule has 0 aromatic rings. The fourth-order valence-electron chi connectivity index (χ4n) is 3.18. The third-order valence-corrected chi connectivity index (χ3v) is 4.65. The fourth-order valence-corrected chi connectivity index (χ4v) is 3.18. The van der Waals surface area contributed by atoms with Crippen LogP contribution in [0.4, 0.5) is 0 Å². The molecule has 3 nitrogen and oxygen atoms in total. The van der Waals surface area contributed by atoms with Crippen LogP contribution in [-0.4, -0.2) is 17.7 Å². The number of carbonyl (C=O) groups excluding carboxylic acids is 2. The van der Waals surface area contributed by atoms with Crippen molar-refractivity contribution in [1.82, 2.24) is 5.32 Å². The molecule has 0 bridgehead atoms. The molecule has 1 amide bonds. The van der Waals surface area contributed by atoms with Crippen LogP contribution in [0.2, 0.25) is 0 Å². The molecule has 1 atom stereocenters. The minimum absolute atomic E-state index is 0.0724. The Balaban J connectivity index is 1.98. The Morgan fingerprint density at radius 2 is 1.59 bits per heavy atom. The van der Waals surface area contributed by atoms with E-state index in [-0.39, 0.29) is 17.7 Å². The van der Waals surface area contributed by atoms with Gasteiger partial charge in [0.15, 0.2) is 5.78 Å². The molecule has 22 heavy (non-hydrogen) atoms. The van der Waals surface area contributed by atoms with Gasteiger partial charge in [-0.05, 0) is 19.3 Å². The molecule has 1 aliphatic rings. The molecule has 0 aliphatic heterocycles. The summed E-state index contributed by atoms with van der Waals surface area (Å²) < 4.78 is 0. The predicted octanol–water partition coefficient (Wildman–Crippen LogP) is 4.93. The molecule has 1 fully saturated rings. The number of ketones is 1. The first-order chi connectivity index (χ1) is 10.7. The fraction of sp³-hybridized carbons (Fsp3) is 0.895. The second kappa shape index (κ2) is 12.7. The number of rotatable bonds is 11. The van der Waals surface area contributed by atoms with Gasteiger partial charge in [0.1, 0.15) is 0 Å². The third-order valence-electron chi connectivity index (χ3n) is 4.65. The Bertz CT molecular complexity index is 315. The minimum Gasteiger partial charge on any atom is -0.346 e. The van der Waals surface area contributed by atoms with Crippen LogP contribution in [0.15, 0.2) is 0 Å². The zero-order valence-electron chi connectivity index (χ0n) is 14.5. The van der Waals surface area contributed by atoms with Gasteiger partial charge in [-0.25, -0.2) is 0 Å². The number of hydrogen-bond acceptors (Lipinski definition) is 2. The lowest BCUT2D eigenvalue weighted by molar-refractivity contribution is -0.127. The monoisotopic (exact) mass is 309 g/mol. The SMILES string of the molecule is CCCCCCCCCCCC(=O)NC1CCCCCC1=O. The standard InChI is InChI=1S/C19H35NO2/c1-2-3-4-5-6-7-8-9-13-16-19(22)20-17-14-11-10-12-15-18(17)21/h17H,2-16H2,1H3,(H,20,22). The van der Waals surface area contributed by atoms with Crippen LogP contribution >= 0.6 is 0 Å². The summed E-state index contributed by atoms with van der Waals surface area (Å²) in [6.07, 6.45) is 16.6. The van der Waals surface area contributed by atoms with E-state index in [2.05, 4.69) is 12.2 Å².